The predicted octanol–water partition coefficient (Wildman–Crippen LogP) is 4.98. The molecule has 4 nitrogen and oxygen atoms in total. The van der Waals surface area contributed by atoms with Gasteiger partial charge in [0.25, 0.3) is 0 Å². The van der Waals surface area contributed by atoms with Crippen LogP contribution in [0, 0.1) is 5.92 Å². The summed E-state index contributed by atoms with van der Waals surface area (Å²) in [6.07, 6.45) is 8.74. The molecule has 4 heteroatoms. The molecular weight excluding hydrogens is 360 g/mol. The van der Waals surface area contributed by atoms with Crippen LogP contribution >= 0.6 is 0 Å². The maximum atomic E-state index is 11.0. The Kier molecular flexibility index (Phi) is 5.21. The zero-order valence-corrected chi connectivity index (χ0v) is 16.7. The average Bonchev–Trinajstić information content (AvgIpc) is 3.36. The quantitative estimate of drug-likeness (QED) is 0.648. The van der Waals surface area contributed by atoms with Gasteiger partial charge in [-0.25, -0.2) is 4.98 Å². The van der Waals surface area contributed by atoms with Crippen molar-refractivity contribution in [2.45, 2.75) is 57.0 Å². The zero-order chi connectivity index (χ0) is 19.6. The lowest BCUT2D eigenvalue weighted by Crippen LogP contribution is -2.30. The molecular formula is C25H28N2O2. The van der Waals surface area contributed by atoms with Crippen molar-refractivity contribution in [3.05, 3.63) is 78.2 Å². The molecule has 3 aromatic rings. The lowest BCUT2D eigenvalue weighted by atomic mass is 9.81. The highest BCUT2D eigenvalue weighted by Crippen LogP contribution is 2.42. The molecule has 2 aliphatic rings. The Hall–Kier alpha value is -2.43. The Morgan fingerprint density at radius 1 is 1.00 bits per heavy atom. The first-order chi connectivity index (χ1) is 14.3. The van der Waals surface area contributed by atoms with Gasteiger partial charge in [-0.15, -0.1) is 0 Å². The highest BCUT2D eigenvalue weighted by molar-refractivity contribution is 5.68. The monoisotopic (exact) mass is 388 g/mol. The van der Waals surface area contributed by atoms with Gasteiger partial charge in [0.05, 0.1) is 43.1 Å². The first kappa shape index (κ1) is 18.6. The van der Waals surface area contributed by atoms with Crippen molar-refractivity contribution in [3.8, 4) is 11.3 Å². The molecule has 1 aliphatic heterocycles. The molecule has 0 unspecified atom stereocenters. The van der Waals surface area contributed by atoms with E-state index in [1.54, 1.807) is 0 Å². The maximum Gasteiger partial charge on any atom is 0.0956 e. The summed E-state index contributed by atoms with van der Waals surface area (Å²) in [5, 5.41) is 11.0. The summed E-state index contributed by atoms with van der Waals surface area (Å²) in [6.45, 7) is 0.682. The lowest BCUT2D eigenvalue weighted by Gasteiger charge is -2.32. The third-order valence-corrected chi connectivity index (χ3v) is 6.65. The van der Waals surface area contributed by atoms with E-state index in [4.69, 9.17) is 4.74 Å². The van der Waals surface area contributed by atoms with E-state index in [0.717, 1.165) is 37.8 Å². The van der Waals surface area contributed by atoms with Crippen molar-refractivity contribution >= 4 is 0 Å². The van der Waals surface area contributed by atoms with Crippen molar-refractivity contribution in [1.29, 1.82) is 0 Å². The van der Waals surface area contributed by atoms with Crippen LogP contribution in [-0.4, -0.2) is 26.9 Å². The number of aromatic nitrogens is 2. The Balaban J connectivity index is 1.17. The normalized spacial score (nSPS) is 24.1. The fourth-order valence-corrected chi connectivity index (χ4v) is 5.02. The molecule has 1 aromatic heterocycles. The van der Waals surface area contributed by atoms with Crippen molar-refractivity contribution in [2.24, 2.45) is 5.92 Å². The third kappa shape index (κ3) is 3.75. The SMILES string of the molecule is O[C@H](C[C@H]1c2ccccc2-c2cncn21)C1CCC(OCc2ccccc2)CC1. The highest BCUT2D eigenvalue weighted by Gasteiger charge is 2.33. The van der Waals surface area contributed by atoms with Gasteiger partial charge in [0.15, 0.2) is 0 Å². The molecule has 0 amide bonds. The van der Waals surface area contributed by atoms with Gasteiger partial charge < -0.3 is 14.4 Å². The molecule has 29 heavy (non-hydrogen) atoms. The molecule has 0 spiro atoms. The van der Waals surface area contributed by atoms with Crippen LogP contribution in [0.25, 0.3) is 11.3 Å². The van der Waals surface area contributed by atoms with Gasteiger partial charge in [0.2, 0.25) is 0 Å². The van der Waals surface area contributed by atoms with Crippen LogP contribution in [0.15, 0.2) is 67.1 Å². The molecule has 2 heterocycles. The molecule has 0 saturated heterocycles. The van der Waals surface area contributed by atoms with Gasteiger partial charge in [0.1, 0.15) is 0 Å². The minimum absolute atomic E-state index is 0.186. The highest BCUT2D eigenvalue weighted by atomic mass is 16.5. The molecule has 5 rings (SSSR count). The van der Waals surface area contributed by atoms with E-state index >= 15 is 0 Å². The van der Waals surface area contributed by atoms with Crippen LogP contribution in [0.3, 0.4) is 0 Å². The van der Waals surface area contributed by atoms with E-state index in [2.05, 4.69) is 58.1 Å². The number of benzene rings is 2. The van der Waals surface area contributed by atoms with Gasteiger partial charge in [-0.3, -0.25) is 0 Å². The number of ether oxygens (including phenoxy) is 1. The number of hydrogen-bond acceptors (Lipinski definition) is 3. The second-order valence-corrected chi connectivity index (χ2v) is 8.43. The minimum Gasteiger partial charge on any atom is -0.393 e. The third-order valence-electron chi connectivity index (χ3n) is 6.65. The van der Waals surface area contributed by atoms with Crippen LogP contribution in [0.2, 0.25) is 0 Å². The minimum atomic E-state index is -0.295. The summed E-state index contributed by atoms with van der Waals surface area (Å²) < 4.78 is 8.34. The van der Waals surface area contributed by atoms with Gasteiger partial charge in [-0.2, -0.15) is 0 Å². The van der Waals surface area contributed by atoms with Crippen LogP contribution in [0.1, 0.15) is 49.3 Å². The molecule has 0 radical (unpaired) electrons. The van der Waals surface area contributed by atoms with Gasteiger partial charge in [-0.1, -0.05) is 54.6 Å². The van der Waals surface area contributed by atoms with Crippen LogP contribution in [0.5, 0.6) is 0 Å². The number of rotatable bonds is 6. The zero-order valence-electron chi connectivity index (χ0n) is 16.7. The molecule has 0 bridgehead atoms. The lowest BCUT2D eigenvalue weighted by molar-refractivity contribution is -0.0160. The summed E-state index contributed by atoms with van der Waals surface area (Å²) in [4.78, 5) is 4.33. The Morgan fingerprint density at radius 3 is 2.59 bits per heavy atom. The van der Waals surface area contributed by atoms with E-state index in [1.165, 1.54) is 16.7 Å². The molecule has 2 atom stereocenters. The van der Waals surface area contributed by atoms with Gasteiger partial charge in [-0.05, 0) is 49.1 Å². The summed E-state index contributed by atoms with van der Waals surface area (Å²) in [6, 6.07) is 19.1. The fraction of sp³-hybridized carbons (Fsp3) is 0.400. The number of hydrogen-bond donors (Lipinski definition) is 1. The summed E-state index contributed by atoms with van der Waals surface area (Å²) >= 11 is 0. The van der Waals surface area contributed by atoms with Crippen LogP contribution in [0.4, 0.5) is 0 Å². The number of fused-ring (bicyclic) bond motifs is 3. The Morgan fingerprint density at radius 2 is 1.76 bits per heavy atom. The van der Waals surface area contributed by atoms with Gasteiger partial charge >= 0.3 is 0 Å². The number of aliphatic hydroxyl groups excluding tert-OH is 1. The second-order valence-electron chi connectivity index (χ2n) is 8.43. The topological polar surface area (TPSA) is 47.3 Å². The summed E-state index contributed by atoms with van der Waals surface area (Å²) in [5.41, 5.74) is 4.95. The molecule has 150 valence electrons. The smallest absolute Gasteiger partial charge is 0.0956 e. The van der Waals surface area contributed by atoms with Crippen LogP contribution < -0.4 is 0 Å². The van der Waals surface area contributed by atoms with Crippen LogP contribution in [-0.2, 0) is 11.3 Å². The summed E-state index contributed by atoms with van der Waals surface area (Å²) in [7, 11) is 0. The van der Waals surface area contributed by atoms with Crippen molar-refractivity contribution in [1.82, 2.24) is 9.55 Å². The van der Waals surface area contributed by atoms with Gasteiger partial charge in [0, 0.05) is 5.56 Å². The molecule has 2 aromatic carbocycles. The first-order valence-electron chi connectivity index (χ1n) is 10.7. The molecule has 1 fully saturated rings. The Labute approximate surface area is 172 Å². The van der Waals surface area contributed by atoms with E-state index in [0.29, 0.717) is 18.6 Å². The maximum absolute atomic E-state index is 11.0. The van der Waals surface area contributed by atoms with E-state index < -0.39 is 0 Å². The van der Waals surface area contributed by atoms with E-state index in [-0.39, 0.29) is 12.1 Å². The standard InChI is InChI=1S/C25H28N2O2/c28-25(14-23-21-8-4-5-9-22(21)24-15-26-17-27(23)24)19-10-12-20(13-11-19)29-16-18-6-2-1-3-7-18/h1-9,15,17,19-20,23,25,28H,10-14,16H2/t19?,20?,23-,25+/m0/s1. The van der Waals surface area contributed by atoms with Crippen molar-refractivity contribution < 1.29 is 9.84 Å². The number of aliphatic hydroxyl groups is 1. The summed E-state index contributed by atoms with van der Waals surface area (Å²) in [5.74, 6) is 0.353. The van der Waals surface area contributed by atoms with Crippen molar-refractivity contribution in [3.63, 3.8) is 0 Å². The van der Waals surface area contributed by atoms with E-state index in [9.17, 15) is 5.11 Å². The van der Waals surface area contributed by atoms with Crippen molar-refractivity contribution in [2.75, 3.05) is 0 Å². The fourth-order valence-electron chi connectivity index (χ4n) is 5.02. The second kappa shape index (κ2) is 8.13. The predicted molar refractivity (Wildman–Crippen MR) is 113 cm³/mol. The molecule has 1 saturated carbocycles. The molecule has 1 aliphatic carbocycles. The average molecular weight is 389 g/mol. The largest absolute Gasteiger partial charge is 0.393 e. The molecule has 1 N–H and O–H groups in total. The number of nitrogens with zero attached hydrogens (tertiary/aromatic N) is 2. The van der Waals surface area contributed by atoms with E-state index in [1.807, 2.05) is 18.6 Å². The first-order valence-corrected chi connectivity index (χ1v) is 10.7. The Bertz CT molecular complexity index is 944. The number of imidazole rings is 1.